The molecule has 0 spiro atoms. The van der Waals surface area contributed by atoms with Crippen molar-refractivity contribution < 1.29 is 19.1 Å². The van der Waals surface area contributed by atoms with Crippen LogP contribution in [-0.2, 0) is 29.0 Å². The third kappa shape index (κ3) is 4.49. The second-order valence-electron chi connectivity index (χ2n) is 6.95. The zero-order valence-electron chi connectivity index (χ0n) is 17.0. The van der Waals surface area contributed by atoms with Crippen LogP contribution in [0.5, 0.6) is 0 Å². The number of ether oxygens (including phenoxy) is 1. The summed E-state index contributed by atoms with van der Waals surface area (Å²) in [4.78, 5) is 44.0. The van der Waals surface area contributed by atoms with Gasteiger partial charge in [-0.2, -0.15) is 0 Å². The average molecular weight is 436 g/mol. The number of carbonyl (C=O) groups excluding carboxylic acids is 3. The van der Waals surface area contributed by atoms with Crippen LogP contribution >= 0.6 is 11.3 Å². The van der Waals surface area contributed by atoms with E-state index < -0.39 is 0 Å². The summed E-state index contributed by atoms with van der Waals surface area (Å²) in [7, 11) is 0. The number of rotatable bonds is 8. The average Bonchev–Trinajstić information content (AvgIpc) is 3.27. The molecule has 4 rings (SSSR count). The number of thiazole rings is 1. The normalized spacial score (nSPS) is 12.7. The van der Waals surface area contributed by atoms with E-state index in [1.165, 1.54) is 16.2 Å². The van der Waals surface area contributed by atoms with Gasteiger partial charge in [0.05, 0.1) is 36.4 Å². The van der Waals surface area contributed by atoms with Gasteiger partial charge in [-0.15, -0.1) is 11.3 Å². The van der Waals surface area contributed by atoms with Gasteiger partial charge in [0.15, 0.2) is 5.13 Å². The number of hydrogen-bond acceptors (Lipinski definition) is 7. The lowest BCUT2D eigenvalue weighted by Gasteiger charge is -2.13. The highest BCUT2D eigenvalue weighted by Crippen LogP contribution is 2.29. The van der Waals surface area contributed by atoms with Crippen molar-refractivity contribution in [1.82, 2.24) is 9.88 Å². The molecule has 2 heterocycles. The molecule has 2 aromatic carbocycles. The lowest BCUT2D eigenvalue weighted by atomic mass is 10.1. The van der Waals surface area contributed by atoms with Gasteiger partial charge in [0, 0.05) is 11.4 Å². The summed E-state index contributed by atoms with van der Waals surface area (Å²) >= 11 is 1.33. The Labute approximate surface area is 183 Å². The van der Waals surface area contributed by atoms with Crippen LogP contribution in [0.1, 0.15) is 43.8 Å². The van der Waals surface area contributed by atoms with Crippen molar-refractivity contribution in [1.29, 1.82) is 0 Å². The molecule has 0 atom stereocenters. The number of nitrogens with one attached hydrogen (secondary N) is 1. The van der Waals surface area contributed by atoms with Gasteiger partial charge in [-0.3, -0.25) is 19.3 Å². The molecule has 0 saturated heterocycles. The molecule has 0 fully saturated rings. The minimum atomic E-state index is -0.371. The van der Waals surface area contributed by atoms with E-state index in [1.54, 1.807) is 31.2 Å². The van der Waals surface area contributed by atoms with Crippen LogP contribution in [0.4, 0.5) is 5.13 Å². The fourth-order valence-electron chi connectivity index (χ4n) is 3.37. The van der Waals surface area contributed by atoms with Crippen LogP contribution in [0.15, 0.2) is 54.6 Å². The minimum absolute atomic E-state index is 0.00457. The molecule has 1 aliphatic rings. The summed E-state index contributed by atoms with van der Waals surface area (Å²) in [5, 5.41) is 3.88. The molecule has 1 N–H and O–H groups in total. The molecule has 1 aromatic heterocycles. The quantitative estimate of drug-likeness (QED) is 0.429. The first-order valence-electron chi connectivity index (χ1n) is 9.94. The van der Waals surface area contributed by atoms with Gasteiger partial charge in [-0.1, -0.05) is 42.5 Å². The molecule has 0 unspecified atom stereocenters. The first-order chi connectivity index (χ1) is 15.1. The van der Waals surface area contributed by atoms with Crippen molar-refractivity contribution in [2.75, 3.05) is 11.9 Å². The Morgan fingerprint density at radius 1 is 1.03 bits per heavy atom. The molecule has 0 saturated carbocycles. The summed E-state index contributed by atoms with van der Waals surface area (Å²) < 4.78 is 5.07. The fourth-order valence-corrected chi connectivity index (χ4v) is 4.32. The minimum Gasteiger partial charge on any atom is -0.466 e. The van der Waals surface area contributed by atoms with Crippen LogP contribution in [0, 0.1) is 0 Å². The van der Waals surface area contributed by atoms with Crippen LogP contribution in [0.2, 0.25) is 0 Å². The smallest absolute Gasteiger partial charge is 0.311 e. The summed E-state index contributed by atoms with van der Waals surface area (Å²) in [6.07, 6.45) is 0.0387. The Kier molecular flexibility index (Phi) is 6.08. The number of esters is 1. The predicted molar refractivity (Wildman–Crippen MR) is 117 cm³/mol. The highest BCUT2D eigenvalue weighted by atomic mass is 32.1. The lowest BCUT2D eigenvalue weighted by molar-refractivity contribution is -0.142. The number of imide groups is 1. The van der Waals surface area contributed by atoms with E-state index in [4.69, 9.17) is 4.74 Å². The highest BCUT2D eigenvalue weighted by molar-refractivity contribution is 7.15. The molecule has 31 heavy (non-hydrogen) atoms. The topological polar surface area (TPSA) is 88.6 Å². The summed E-state index contributed by atoms with van der Waals surface area (Å²) in [5.41, 5.74) is 2.38. The van der Waals surface area contributed by atoms with E-state index in [-0.39, 0.29) is 37.4 Å². The Morgan fingerprint density at radius 3 is 2.32 bits per heavy atom. The Hall–Kier alpha value is -3.52. The van der Waals surface area contributed by atoms with Crippen molar-refractivity contribution in [2.24, 2.45) is 0 Å². The van der Waals surface area contributed by atoms with Gasteiger partial charge in [-0.05, 0) is 24.6 Å². The van der Waals surface area contributed by atoms with E-state index >= 15 is 0 Å². The number of nitrogens with zero attached hydrogens (tertiary/aromatic N) is 2. The fraction of sp³-hybridized carbons (Fsp3) is 0.217. The molecule has 7 nitrogen and oxygen atoms in total. The predicted octanol–water partition coefficient (Wildman–Crippen LogP) is 3.66. The molecule has 8 heteroatoms. The van der Waals surface area contributed by atoms with E-state index in [9.17, 15) is 14.4 Å². The number of anilines is 1. The first kappa shape index (κ1) is 20.7. The zero-order valence-corrected chi connectivity index (χ0v) is 17.8. The van der Waals surface area contributed by atoms with E-state index in [0.717, 1.165) is 5.56 Å². The summed E-state index contributed by atoms with van der Waals surface area (Å²) in [5.74, 6) is -1.08. The van der Waals surface area contributed by atoms with Gasteiger partial charge in [0.25, 0.3) is 11.8 Å². The van der Waals surface area contributed by atoms with Crippen molar-refractivity contribution >= 4 is 34.3 Å². The molecule has 1 aliphatic heterocycles. The van der Waals surface area contributed by atoms with E-state index in [0.29, 0.717) is 33.4 Å². The van der Waals surface area contributed by atoms with E-state index in [1.807, 2.05) is 30.3 Å². The molecular weight excluding hydrogens is 414 g/mol. The van der Waals surface area contributed by atoms with Gasteiger partial charge in [-0.25, -0.2) is 4.98 Å². The second kappa shape index (κ2) is 9.09. The SMILES string of the molecule is CCOC(=O)Cc1sc(NCc2ccccc2)nc1CN1C(=O)c2ccccc2C1=O. The van der Waals surface area contributed by atoms with Crippen molar-refractivity contribution in [3.63, 3.8) is 0 Å². The number of aromatic nitrogens is 1. The molecular formula is C23H21N3O4S. The maximum Gasteiger partial charge on any atom is 0.311 e. The third-order valence-electron chi connectivity index (χ3n) is 4.86. The molecule has 158 valence electrons. The largest absolute Gasteiger partial charge is 0.466 e. The Balaban J connectivity index is 1.56. The van der Waals surface area contributed by atoms with Gasteiger partial charge >= 0.3 is 5.97 Å². The maximum absolute atomic E-state index is 12.7. The van der Waals surface area contributed by atoms with E-state index in [2.05, 4.69) is 10.3 Å². The Bertz CT molecular complexity index is 1090. The van der Waals surface area contributed by atoms with Crippen LogP contribution in [-0.4, -0.2) is 34.3 Å². The van der Waals surface area contributed by atoms with Gasteiger partial charge < -0.3 is 10.1 Å². The number of carbonyl (C=O) groups is 3. The van der Waals surface area contributed by atoms with Crippen molar-refractivity contribution in [3.05, 3.63) is 81.9 Å². The highest BCUT2D eigenvalue weighted by Gasteiger charge is 2.36. The molecule has 0 bridgehead atoms. The number of hydrogen-bond donors (Lipinski definition) is 1. The molecule has 0 aliphatic carbocycles. The Morgan fingerprint density at radius 2 is 1.68 bits per heavy atom. The lowest BCUT2D eigenvalue weighted by Crippen LogP contribution is -2.29. The maximum atomic E-state index is 12.7. The van der Waals surface area contributed by atoms with Crippen molar-refractivity contribution in [2.45, 2.75) is 26.4 Å². The number of benzene rings is 2. The molecule has 3 aromatic rings. The monoisotopic (exact) mass is 435 g/mol. The zero-order chi connectivity index (χ0) is 21.8. The number of fused-ring (bicyclic) bond motifs is 1. The molecule has 0 radical (unpaired) electrons. The molecule has 2 amide bonds. The van der Waals surface area contributed by atoms with Crippen LogP contribution in [0.3, 0.4) is 0 Å². The standard InChI is InChI=1S/C23H21N3O4S/c1-2-30-20(27)12-19-18(25-23(31-19)24-13-15-8-4-3-5-9-15)14-26-21(28)16-10-6-7-11-17(16)22(26)29/h3-11H,2,12-14H2,1H3,(H,24,25). The third-order valence-corrected chi connectivity index (χ3v) is 5.92. The summed E-state index contributed by atoms with van der Waals surface area (Å²) in [6.45, 7) is 2.60. The van der Waals surface area contributed by atoms with Crippen LogP contribution < -0.4 is 5.32 Å². The first-order valence-corrected chi connectivity index (χ1v) is 10.8. The van der Waals surface area contributed by atoms with Crippen LogP contribution in [0.25, 0.3) is 0 Å². The summed E-state index contributed by atoms with van der Waals surface area (Å²) in [6, 6.07) is 16.6. The number of amides is 2. The van der Waals surface area contributed by atoms with Gasteiger partial charge in [0.2, 0.25) is 0 Å². The second-order valence-corrected chi connectivity index (χ2v) is 8.04. The van der Waals surface area contributed by atoms with Gasteiger partial charge in [0.1, 0.15) is 0 Å². The van der Waals surface area contributed by atoms with Crippen molar-refractivity contribution in [3.8, 4) is 0 Å².